The molecular formula is C19H13ClO3. The molecule has 0 heterocycles. The summed E-state index contributed by atoms with van der Waals surface area (Å²) >= 11 is 6.17. The van der Waals surface area contributed by atoms with E-state index in [-0.39, 0.29) is 5.75 Å². The fourth-order valence-electron chi connectivity index (χ4n) is 2.01. The summed E-state index contributed by atoms with van der Waals surface area (Å²) < 4.78 is 11.2. The topological polar surface area (TPSA) is 35.5 Å². The van der Waals surface area contributed by atoms with E-state index in [0.717, 1.165) is 0 Å². The zero-order valence-corrected chi connectivity index (χ0v) is 12.9. The minimum absolute atomic E-state index is 0.201. The Bertz CT molecular complexity index is 801. The van der Waals surface area contributed by atoms with Crippen LogP contribution in [0.5, 0.6) is 17.2 Å². The number of carbonyl (C=O) groups excluding carboxylic acids is 1. The molecule has 114 valence electrons. The molecule has 0 aliphatic carbocycles. The molecule has 3 aromatic rings. The van der Waals surface area contributed by atoms with Crippen molar-refractivity contribution in [3.63, 3.8) is 0 Å². The molecule has 0 bridgehead atoms. The number of para-hydroxylation sites is 2. The Morgan fingerprint density at radius 1 is 0.783 bits per heavy atom. The first kappa shape index (κ1) is 15.1. The minimum atomic E-state index is -0.489. The number of carbonyl (C=O) groups is 1. The van der Waals surface area contributed by atoms with Crippen molar-refractivity contribution in [2.24, 2.45) is 0 Å². The summed E-state index contributed by atoms with van der Waals surface area (Å²) in [5.41, 5.74) is 0.443. The van der Waals surface area contributed by atoms with Crippen molar-refractivity contribution in [1.29, 1.82) is 0 Å². The standard InChI is InChI=1S/C19H13ClO3/c20-16-12-7-13-17(22-15-10-5-2-6-11-15)18(16)23-19(21)14-8-3-1-4-9-14/h1-13H. The molecule has 23 heavy (non-hydrogen) atoms. The lowest BCUT2D eigenvalue weighted by molar-refractivity contribution is 0.0730. The maximum Gasteiger partial charge on any atom is 0.343 e. The van der Waals surface area contributed by atoms with Gasteiger partial charge in [-0.1, -0.05) is 54.1 Å². The van der Waals surface area contributed by atoms with E-state index < -0.39 is 5.97 Å². The molecule has 0 aliphatic heterocycles. The second-order valence-electron chi connectivity index (χ2n) is 4.74. The summed E-state index contributed by atoms with van der Waals surface area (Å²) in [4.78, 5) is 12.2. The molecule has 0 spiro atoms. The molecule has 0 amide bonds. The molecule has 0 aromatic heterocycles. The van der Waals surface area contributed by atoms with Crippen LogP contribution in [0.2, 0.25) is 5.02 Å². The molecule has 0 fully saturated rings. The average molecular weight is 325 g/mol. The van der Waals surface area contributed by atoms with Gasteiger partial charge in [-0.15, -0.1) is 0 Å². The third-order valence-corrected chi connectivity index (χ3v) is 3.40. The monoisotopic (exact) mass is 324 g/mol. The van der Waals surface area contributed by atoms with Crippen LogP contribution >= 0.6 is 11.6 Å². The number of rotatable bonds is 4. The van der Waals surface area contributed by atoms with Crippen LogP contribution in [0.4, 0.5) is 0 Å². The van der Waals surface area contributed by atoms with E-state index in [0.29, 0.717) is 22.1 Å². The van der Waals surface area contributed by atoms with Crippen molar-refractivity contribution in [3.05, 3.63) is 89.4 Å². The quantitative estimate of drug-likeness (QED) is 0.479. The summed E-state index contributed by atoms with van der Waals surface area (Å²) in [6.45, 7) is 0. The van der Waals surface area contributed by atoms with Crippen LogP contribution < -0.4 is 9.47 Å². The Labute approximate surface area is 139 Å². The lowest BCUT2D eigenvalue weighted by Crippen LogP contribution is -2.09. The van der Waals surface area contributed by atoms with Gasteiger partial charge in [-0.3, -0.25) is 0 Å². The number of hydrogen-bond donors (Lipinski definition) is 0. The van der Waals surface area contributed by atoms with E-state index >= 15 is 0 Å². The van der Waals surface area contributed by atoms with E-state index in [1.807, 2.05) is 36.4 Å². The molecule has 3 aromatic carbocycles. The second kappa shape index (κ2) is 6.99. The SMILES string of the molecule is O=C(Oc1c(Cl)cccc1Oc1ccccc1)c1ccccc1. The van der Waals surface area contributed by atoms with Crippen molar-refractivity contribution in [1.82, 2.24) is 0 Å². The lowest BCUT2D eigenvalue weighted by atomic mass is 10.2. The van der Waals surface area contributed by atoms with Crippen LogP contribution in [0.3, 0.4) is 0 Å². The minimum Gasteiger partial charge on any atom is -0.453 e. The van der Waals surface area contributed by atoms with Crippen molar-refractivity contribution in [2.45, 2.75) is 0 Å². The predicted molar refractivity (Wildman–Crippen MR) is 89.4 cm³/mol. The number of esters is 1. The fourth-order valence-corrected chi connectivity index (χ4v) is 2.21. The first-order valence-corrected chi connectivity index (χ1v) is 7.40. The highest BCUT2D eigenvalue weighted by atomic mass is 35.5. The van der Waals surface area contributed by atoms with Crippen molar-refractivity contribution >= 4 is 17.6 Å². The second-order valence-corrected chi connectivity index (χ2v) is 5.14. The smallest absolute Gasteiger partial charge is 0.343 e. The fraction of sp³-hybridized carbons (Fsp3) is 0. The van der Waals surface area contributed by atoms with Gasteiger partial charge in [-0.2, -0.15) is 0 Å². The number of hydrogen-bond acceptors (Lipinski definition) is 3. The van der Waals surface area contributed by atoms with E-state index in [1.165, 1.54) is 0 Å². The van der Waals surface area contributed by atoms with E-state index in [4.69, 9.17) is 21.1 Å². The van der Waals surface area contributed by atoms with Crippen molar-refractivity contribution in [3.8, 4) is 17.2 Å². The molecule has 0 saturated heterocycles. The largest absolute Gasteiger partial charge is 0.453 e. The maximum absolute atomic E-state index is 12.2. The van der Waals surface area contributed by atoms with Gasteiger partial charge in [0.15, 0.2) is 11.5 Å². The number of halogens is 1. The van der Waals surface area contributed by atoms with Gasteiger partial charge in [0.05, 0.1) is 10.6 Å². The van der Waals surface area contributed by atoms with Gasteiger partial charge >= 0.3 is 5.97 Å². The maximum atomic E-state index is 12.2. The highest BCUT2D eigenvalue weighted by Gasteiger charge is 2.16. The van der Waals surface area contributed by atoms with E-state index in [1.54, 1.807) is 42.5 Å². The summed E-state index contributed by atoms with van der Waals surface area (Å²) in [6.07, 6.45) is 0. The third kappa shape index (κ3) is 3.71. The molecule has 4 heteroatoms. The molecular weight excluding hydrogens is 312 g/mol. The van der Waals surface area contributed by atoms with E-state index in [9.17, 15) is 4.79 Å². The first-order valence-electron chi connectivity index (χ1n) is 7.02. The van der Waals surface area contributed by atoms with Crippen molar-refractivity contribution in [2.75, 3.05) is 0 Å². The summed E-state index contributed by atoms with van der Waals surface area (Å²) in [7, 11) is 0. The molecule has 0 aliphatic rings. The van der Waals surface area contributed by atoms with Crippen LogP contribution in [0.25, 0.3) is 0 Å². The van der Waals surface area contributed by atoms with Crippen molar-refractivity contribution < 1.29 is 14.3 Å². The lowest BCUT2D eigenvalue weighted by Gasteiger charge is -2.12. The van der Waals surface area contributed by atoms with Crippen LogP contribution in [0.15, 0.2) is 78.9 Å². The Balaban J connectivity index is 1.88. The van der Waals surface area contributed by atoms with Gasteiger partial charge in [-0.05, 0) is 36.4 Å². The summed E-state index contributed by atoms with van der Waals surface area (Å²) in [6, 6.07) is 23.0. The van der Waals surface area contributed by atoms with Crippen LogP contribution in [0.1, 0.15) is 10.4 Å². The van der Waals surface area contributed by atoms with Crippen LogP contribution in [-0.2, 0) is 0 Å². The number of ether oxygens (including phenoxy) is 2. The average Bonchev–Trinajstić information content (AvgIpc) is 2.59. The van der Waals surface area contributed by atoms with Gasteiger partial charge in [0.2, 0.25) is 0 Å². The molecule has 0 atom stereocenters. The molecule has 3 nitrogen and oxygen atoms in total. The predicted octanol–water partition coefficient (Wildman–Crippen LogP) is 5.35. The first-order chi connectivity index (χ1) is 11.2. The molecule has 3 rings (SSSR count). The third-order valence-electron chi connectivity index (χ3n) is 3.11. The van der Waals surface area contributed by atoms with Crippen LogP contribution in [0, 0.1) is 0 Å². The molecule has 0 unspecified atom stereocenters. The van der Waals surface area contributed by atoms with Gasteiger partial charge < -0.3 is 9.47 Å². The zero-order valence-electron chi connectivity index (χ0n) is 12.1. The Hall–Kier alpha value is -2.78. The normalized spacial score (nSPS) is 10.1. The highest BCUT2D eigenvalue weighted by Crippen LogP contribution is 2.37. The Morgan fingerprint density at radius 2 is 1.43 bits per heavy atom. The number of benzene rings is 3. The zero-order chi connectivity index (χ0) is 16.1. The Kier molecular flexibility index (Phi) is 4.60. The van der Waals surface area contributed by atoms with E-state index in [2.05, 4.69) is 0 Å². The van der Waals surface area contributed by atoms with Gasteiger partial charge in [0.1, 0.15) is 5.75 Å². The summed E-state index contributed by atoms with van der Waals surface area (Å²) in [5, 5.41) is 0.308. The summed E-state index contributed by atoms with van der Waals surface area (Å²) in [5.74, 6) is 0.725. The molecule has 0 saturated carbocycles. The molecule has 0 radical (unpaired) electrons. The van der Waals surface area contributed by atoms with Crippen LogP contribution in [-0.4, -0.2) is 5.97 Å². The highest BCUT2D eigenvalue weighted by molar-refractivity contribution is 6.32. The van der Waals surface area contributed by atoms with Gasteiger partial charge in [0.25, 0.3) is 0 Å². The Morgan fingerprint density at radius 3 is 2.13 bits per heavy atom. The molecule has 0 N–H and O–H groups in total. The van der Waals surface area contributed by atoms with Gasteiger partial charge in [-0.25, -0.2) is 4.79 Å². The van der Waals surface area contributed by atoms with Gasteiger partial charge in [0, 0.05) is 0 Å².